The van der Waals surface area contributed by atoms with Gasteiger partial charge in [0.15, 0.2) is 0 Å². The topological polar surface area (TPSA) is 55.1 Å². The van der Waals surface area contributed by atoms with Gasteiger partial charge in [-0.05, 0) is 23.1 Å². The number of carbonyl (C=O) groups excluding carboxylic acids is 1. The molecule has 0 aromatic heterocycles. The Morgan fingerprint density at radius 3 is 2.29 bits per heavy atom. The van der Waals surface area contributed by atoms with Crippen LogP contribution in [0.4, 0.5) is 5.69 Å². The molecule has 0 spiro atoms. The lowest BCUT2D eigenvalue weighted by atomic mass is 9.95. The number of hydrogen-bond donors (Lipinski definition) is 2. The van der Waals surface area contributed by atoms with Crippen LogP contribution in [0.15, 0.2) is 54.6 Å². The van der Waals surface area contributed by atoms with E-state index in [1.165, 1.54) is 5.56 Å². The number of para-hydroxylation sites is 1. The van der Waals surface area contributed by atoms with Gasteiger partial charge in [0.1, 0.15) is 0 Å². The first-order chi connectivity index (χ1) is 10.1. The molecule has 110 valence electrons. The van der Waals surface area contributed by atoms with Gasteiger partial charge in [0, 0.05) is 5.69 Å². The Labute approximate surface area is 126 Å². The van der Waals surface area contributed by atoms with Crippen LogP contribution in [0.3, 0.4) is 0 Å². The molecule has 1 amide bonds. The number of nitrogens with two attached hydrogens (primary N) is 1. The van der Waals surface area contributed by atoms with Gasteiger partial charge in [-0.25, -0.2) is 0 Å². The summed E-state index contributed by atoms with van der Waals surface area (Å²) in [7, 11) is 0. The normalized spacial score (nSPS) is 12.1. The molecule has 0 saturated heterocycles. The Bertz CT molecular complexity index is 593. The zero-order valence-electron chi connectivity index (χ0n) is 12.5. The first-order valence-electron chi connectivity index (χ1n) is 7.25. The first kappa shape index (κ1) is 15.1. The van der Waals surface area contributed by atoms with E-state index in [2.05, 4.69) is 31.3 Å². The molecule has 2 rings (SSSR count). The lowest BCUT2D eigenvalue weighted by Crippen LogP contribution is -2.19. The number of rotatable bonds is 6. The predicted octanol–water partition coefficient (Wildman–Crippen LogP) is 3.52. The number of nitrogens with one attached hydrogen (secondary N) is 1. The Balaban J connectivity index is 2.28. The van der Waals surface area contributed by atoms with Crippen molar-refractivity contribution >= 4 is 11.6 Å². The lowest BCUT2D eigenvalue weighted by molar-refractivity contribution is -0.117. The molecule has 2 aromatic carbocycles. The average molecular weight is 282 g/mol. The third kappa shape index (κ3) is 4.09. The zero-order valence-corrected chi connectivity index (χ0v) is 12.5. The van der Waals surface area contributed by atoms with Crippen LogP contribution in [0.2, 0.25) is 0 Å². The first-order valence-corrected chi connectivity index (χ1v) is 7.25. The monoisotopic (exact) mass is 282 g/mol. The van der Waals surface area contributed by atoms with Crippen LogP contribution >= 0.6 is 0 Å². The van der Waals surface area contributed by atoms with Gasteiger partial charge < -0.3 is 11.1 Å². The number of anilines is 1. The second-order valence-electron chi connectivity index (χ2n) is 5.58. The number of benzene rings is 2. The van der Waals surface area contributed by atoms with Gasteiger partial charge in [0.25, 0.3) is 0 Å². The van der Waals surface area contributed by atoms with E-state index in [0.717, 1.165) is 11.3 Å². The fourth-order valence-electron chi connectivity index (χ4n) is 2.47. The Kier molecular flexibility index (Phi) is 4.99. The number of hydrogen-bond acceptors (Lipinski definition) is 2. The predicted molar refractivity (Wildman–Crippen MR) is 87.0 cm³/mol. The fraction of sp³-hybridized carbons (Fsp3) is 0.278. The van der Waals surface area contributed by atoms with Crippen LogP contribution in [-0.2, 0) is 11.2 Å². The molecule has 2 aromatic rings. The molecule has 0 radical (unpaired) electrons. The van der Waals surface area contributed by atoms with Crippen molar-refractivity contribution in [1.82, 2.24) is 0 Å². The van der Waals surface area contributed by atoms with Crippen molar-refractivity contribution < 1.29 is 4.79 Å². The fourth-order valence-corrected chi connectivity index (χ4v) is 2.47. The van der Waals surface area contributed by atoms with Gasteiger partial charge in [-0.1, -0.05) is 62.4 Å². The number of primary amides is 1. The van der Waals surface area contributed by atoms with E-state index in [-0.39, 0.29) is 18.4 Å². The quantitative estimate of drug-likeness (QED) is 0.851. The smallest absolute Gasteiger partial charge is 0.221 e. The molecular formula is C18H22N2O. The Morgan fingerprint density at radius 2 is 1.67 bits per heavy atom. The van der Waals surface area contributed by atoms with Gasteiger partial charge >= 0.3 is 0 Å². The Morgan fingerprint density at radius 1 is 1.05 bits per heavy atom. The van der Waals surface area contributed by atoms with Crippen molar-refractivity contribution in [2.45, 2.75) is 26.3 Å². The van der Waals surface area contributed by atoms with Crippen LogP contribution in [-0.4, -0.2) is 5.91 Å². The average Bonchev–Trinajstić information content (AvgIpc) is 2.46. The maximum Gasteiger partial charge on any atom is 0.221 e. The van der Waals surface area contributed by atoms with Gasteiger partial charge in [-0.15, -0.1) is 0 Å². The van der Waals surface area contributed by atoms with Gasteiger partial charge in [-0.2, -0.15) is 0 Å². The minimum atomic E-state index is -0.315. The molecule has 3 N–H and O–H groups in total. The van der Waals surface area contributed by atoms with Crippen molar-refractivity contribution in [3.05, 3.63) is 65.7 Å². The lowest BCUT2D eigenvalue weighted by Gasteiger charge is -2.25. The molecule has 21 heavy (non-hydrogen) atoms. The summed E-state index contributed by atoms with van der Waals surface area (Å²) in [5.41, 5.74) is 8.47. The summed E-state index contributed by atoms with van der Waals surface area (Å²) in [5, 5.41) is 3.56. The molecule has 3 heteroatoms. The summed E-state index contributed by atoms with van der Waals surface area (Å²) >= 11 is 0. The summed E-state index contributed by atoms with van der Waals surface area (Å²) in [5.74, 6) is 0.110. The van der Waals surface area contributed by atoms with Crippen molar-refractivity contribution in [3.8, 4) is 0 Å². The summed E-state index contributed by atoms with van der Waals surface area (Å²) < 4.78 is 0. The third-order valence-electron chi connectivity index (χ3n) is 3.52. The standard InChI is InChI=1S/C18H22N2O/c1-13(2)18(14-8-4-3-5-9-14)20-16-11-7-6-10-15(16)12-17(19)21/h3-11,13,18,20H,12H2,1-2H3,(H2,19,21). The van der Waals surface area contributed by atoms with Crippen molar-refractivity contribution in [2.75, 3.05) is 5.32 Å². The molecule has 0 aliphatic carbocycles. The largest absolute Gasteiger partial charge is 0.378 e. The van der Waals surface area contributed by atoms with Gasteiger partial charge in [-0.3, -0.25) is 4.79 Å². The van der Waals surface area contributed by atoms with Gasteiger partial charge in [0.05, 0.1) is 12.5 Å². The highest BCUT2D eigenvalue weighted by Crippen LogP contribution is 2.28. The molecule has 1 atom stereocenters. The Hall–Kier alpha value is -2.29. The van der Waals surface area contributed by atoms with Crippen LogP contribution in [0.25, 0.3) is 0 Å². The van der Waals surface area contributed by atoms with Crippen LogP contribution in [0.5, 0.6) is 0 Å². The maximum atomic E-state index is 11.2. The highest BCUT2D eigenvalue weighted by molar-refractivity contribution is 5.78. The van der Waals surface area contributed by atoms with E-state index < -0.39 is 0 Å². The highest BCUT2D eigenvalue weighted by atomic mass is 16.1. The van der Waals surface area contributed by atoms with Crippen LogP contribution < -0.4 is 11.1 Å². The van der Waals surface area contributed by atoms with Gasteiger partial charge in [0.2, 0.25) is 5.91 Å². The third-order valence-corrected chi connectivity index (χ3v) is 3.52. The van der Waals surface area contributed by atoms with Crippen molar-refractivity contribution in [3.63, 3.8) is 0 Å². The second kappa shape index (κ2) is 6.93. The molecule has 0 saturated carbocycles. The number of amides is 1. The van der Waals surface area contributed by atoms with E-state index in [0.29, 0.717) is 5.92 Å². The maximum absolute atomic E-state index is 11.2. The van der Waals surface area contributed by atoms with E-state index in [1.807, 2.05) is 42.5 Å². The van der Waals surface area contributed by atoms with Crippen molar-refractivity contribution in [2.24, 2.45) is 11.7 Å². The molecule has 0 heterocycles. The molecule has 1 unspecified atom stereocenters. The van der Waals surface area contributed by atoms with Crippen molar-refractivity contribution in [1.29, 1.82) is 0 Å². The summed E-state index contributed by atoms with van der Waals surface area (Å²) in [6, 6.07) is 18.4. The van der Waals surface area contributed by atoms with E-state index in [4.69, 9.17) is 5.73 Å². The minimum absolute atomic E-state index is 0.195. The second-order valence-corrected chi connectivity index (χ2v) is 5.58. The van der Waals surface area contributed by atoms with E-state index in [1.54, 1.807) is 0 Å². The molecule has 0 aliphatic rings. The van der Waals surface area contributed by atoms with E-state index in [9.17, 15) is 4.79 Å². The summed E-state index contributed by atoms with van der Waals surface area (Å²) in [4.78, 5) is 11.2. The zero-order chi connectivity index (χ0) is 15.2. The summed E-state index contributed by atoms with van der Waals surface area (Å²) in [6.45, 7) is 4.36. The molecule has 0 bridgehead atoms. The number of carbonyl (C=O) groups is 1. The summed E-state index contributed by atoms with van der Waals surface area (Å²) in [6.07, 6.45) is 0.253. The molecule has 3 nitrogen and oxygen atoms in total. The van der Waals surface area contributed by atoms with Crippen LogP contribution in [0.1, 0.15) is 31.0 Å². The molecule has 0 fully saturated rings. The van der Waals surface area contributed by atoms with E-state index >= 15 is 0 Å². The van der Waals surface area contributed by atoms with Crippen LogP contribution in [0, 0.1) is 5.92 Å². The SMILES string of the molecule is CC(C)C(Nc1ccccc1CC(N)=O)c1ccccc1. The molecule has 0 aliphatic heterocycles. The molecular weight excluding hydrogens is 260 g/mol. The minimum Gasteiger partial charge on any atom is -0.378 e. The highest BCUT2D eigenvalue weighted by Gasteiger charge is 2.17.